The molecule has 12 heteroatoms. The zero-order valence-corrected chi connectivity index (χ0v) is 24.7. The van der Waals surface area contributed by atoms with E-state index in [0.717, 1.165) is 18.6 Å². The number of fused-ring (bicyclic) bond motifs is 1. The van der Waals surface area contributed by atoms with Crippen LogP contribution in [0.4, 0.5) is 19.3 Å². The Morgan fingerprint density at radius 3 is 2.51 bits per heavy atom. The minimum absolute atomic E-state index is 0. The Morgan fingerprint density at radius 1 is 1.11 bits per heavy atom. The van der Waals surface area contributed by atoms with Crippen LogP contribution in [0.2, 0.25) is 0 Å². The molecule has 37 heavy (non-hydrogen) atoms. The van der Waals surface area contributed by atoms with Crippen LogP contribution in [0.25, 0.3) is 11.1 Å². The fourth-order valence-electron chi connectivity index (χ4n) is 4.36. The number of carbonyl (C=O) groups is 2. The summed E-state index contributed by atoms with van der Waals surface area (Å²) in [5, 5.41) is 28.8. The van der Waals surface area contributed by atoms with Gasteiger partial charge in [-0.3, -0.25) is 4.79 Å². The number of anilines is 1. The fraction of sp³-hybridized carbons (Fsp3) is 0.240. The maximum atomic E-state index is 14.2. The number of carboxylic acid groups (broad SMARTS) is 1. The number of amides is 2. The van der Waals surface area contributed by atoms with Crippen molar-refractivity contribution >= 4 is 17.7 Å². The molecule has 1 aromatic heterocycles. The number of hydrogen-bond donors (Lipinski definition) is 2. The van der Waals surface area contributed by atoms with Crippen LogP contribution < -0.4 is 85.5 Å². The van der Waals surface area contributed by atoms with Gasteiger partial charge in [-0.25, -0.2) is 13.6 Å². The summed E-state index contributed by atoms with van der Waals surface area (Å²) in [6.45, 7) is 0. The van der Waals surface area contributed by atoms with Gasteiger partial charge in [-0.05, 0) is 54.2 Å². The molecule has 2 N–H and O–H groups in total. The molecule has 3 aromatic rings. The topological polar surface area (TPSA) is 126 Å². The summed E-state index contributed by atoms with van der Waals surface area (Å²) in [6.07, 6.45) is 1.20. The van der Waals surface area contributed by atoms with Crippen LogP contribution in [0.15, 0.2) is 47.3 Å². The van der Waals surface area contributed by atoms with E-state index in [0.29, 0.717) is 35.2 Å². The van der Waals surface area contributed by atoms with Crippen molar-refractivity contribution in [3.8, 4) is 16.9 Å². The summed E-state index contributed by atoms with van der Waals surface area (Å²) in [7, 11) is 1.52. The molecule has 1 heterocycles. The van der Waals surface area contributed by atoms with Crippen LogP contribution in [-0.2, 0) is 24.7 Å². The van der Waals surface area contributed by atoms with Gasteiger partial charge in [0.25, 0.3) is 5.56 Å². The second-order valence-electron chi connectivity index (χ2n) is 8.32. The second kappa shape index (κ2) is 13.0. The number of rotatable bonds is 6. The van der Waals surface area contributed by atoms with Crippen LogP contribution >= 0.6 is 0 Å². The van der Waals surface area contributed by atoms with Crippen LogP contribution in [0.1, 0.15) is 35.7 Å². The Morgan fingerprint density at radius 2 is 1.84 bits per heavy atom. The van der Waals surface area contributed by atoms with Gasteiger partial charge in [0.1, 0.15) is 17.3 Å². The van der Waals surface area contributed by atoms with E-state index in [-0.39, 0.29) is 64.7 Å². The van der Waals surface area contributed by atoms with Gasteiger partial charge in [0.2, 0.25) is 0 Å². The number of carbonyl (C=O) groups excluding carboxylic acids is 2. The SMILES string of the molecule is Cn1c2c(c([O-])c(NC(=O)N[C@@H](CC(=O)[O-])c3cccc(-c4ccc(F)cc4F)c3)c1=O)CCC2.[Na+].[Na+]. The van der Waals surface area contributed by atoms with E-state index in [2.05, 4.69) is 10.6 Å². The van der Waals surface area contributed by atoms with Crippen molar-refractivity contribution in [3.63, 3.8) is 0 Å². The van der Waals surface area contributed by atoms with E-state index >= 15 is 0 Å². The van der Waals surface area contributed by atoms with Gasteiger partial charge in [-0.2, -0.15) is 0 Å². The van der Waals surface area contributed by atoms with E-state index in [1.165, 1.54) is 35.9 Å². The standard InChI is InChI=1S/C25H23F2N3O5.2Na/c1-30-20-7-3-6-17(20)23(33)22(24(30)34)29-25(35)28-19(12-21(31)32)14-5-2-4-13(10-14)16-9-8-15(26)11-18(16)27;;/h2,4-5,8-11,19,33H,3,6-7,12H2,1H3,(H,31,32)(H2,28,29,35);;/q;2*+1/p-2/t19-;;/m0../s1. The number of nitrogens with zero attached hydrogens (tertiary/aromatic N) is 1. The number of urea groups is 1. The first kappa shape index (κ1) is 31.0. The molecule has 1 aliphatic carbocycles. The average Bonchev–Trinajstić information content (AvgIpc) is 3.30. The number of pyridine rings is 1. The number of nitrogens with one attached hydrogen (secondary N) is 2. The zero-order chi connectivity index (χ0) is 25.3. The third-order valence-electron chi connectivity index (χ3n) is 6.06. The third kappa shape index (κ3) is 6.81. The molecule has 2 amide bonds. The summed E-state index contributed by atoms with van der Waals surface area (Å²) in [6, 6.07) is 7.03. The Balaban J connectivity index is 0.00000241. The van der Waals surface area contributed by atoms with Crippen molar-refractivity contribution in [2.24, 2.45) is 7.05 Å². The molecule has 1 aliphatic rings. The van der Waals surface area contributed by atoms with Crippen LogP contribution in [0.5, 0.6) is 5.75 Å². The first-order chi connectivity index (χ1) is 16.7. The molecule has 0 bridgehead atoms. The molecule has 2 aromatic carbocycles. The zero-order valence-electron chi connectivity index (χ0n) is 20.7. The van der Waals surface area contributed by atoms with Gasteiger partial charge in [0, 0.05) is 36.8 Å². The Kier molecular flexibility index (Phi) is 10.9. The molecule has 0 spiro atoms. The Labute approximate surface area is 255 Å². The molecule has 4 rings (SSSR count). The smallest absolute Gasteiger partial charge is 0.871 e. The number of hydrogen-bond acceptors (Lipinski definition) is 5. The van der Waals surface area contributed by atoms with Crippen molar-refractivity contribution in [1.82, 2.24) is 9.88 Å². The Bertz CT molecular complexity index is 1400. The van der Waals surface area contributed by atoms with Gasteiger partial charge >= 0.3 is 65.1 Å². The quantitative estimate of drug-likeness (QED) is 0.316. The molecule has 0 aliphatic heterocycles. The summed E-state index contributed by atoms with van der Waals surface area (Å²) < 4.78 is 28.9. The van der Waals surface area contributed by atoms with Gasteiger partial charge in [-0.15, -0.1) is 0 Å². The predicted octanol–water partition coefficient (Wildman–Crippen LogP) is -4.10. The van der Waals surface area contributed by atoms with Crippen molar-refractivity contribution in [2.45, 2.75) is 31.7 Å². The second-order valence-corrected chi connectivity index (χ2v) is 8.32. The van der Waals surface area contributed by atoms with Gasteiger partial charge in [-0.1, -0.05) is 23.9 Å². The van der Waals surface area contributed by atoms with Gasteiger partial charge in [0.05, 0.1) is 6.04 Å². The molecule has 8 nitrogen and oxygen atoms in total. The molecule has 0 saturated carbocycles. The van der Waals surface area contributed by atoms with Crippen molar-refractivity contribution < 1.29 is 87.7 Å². The molecule has 0 unspecified atom stereocenters. The average molecular weight is 527 g/mol. The normalized spacial score (nSPS) is 12.5. The number of benzene rings is 2. The fourth-order valence-corrected chi connectivity index (χ4v) is 4.36. The van der Waals surface area contributed by atoms with Gasteiger partial charge in [0.15, 0.2) is 0 Å². The number of aliphatic carboxylic acids is 1. The minimum Gasteiger partial charge on any atom is -0.871 e. The molecular weight excluding hydrogens is 506 g/mol. The maximum Gasteiger partial charge on any atom is 1.00 e. The molecule has 0 saturated heterocycles. The largest absolute Gasteiger partial charge is 1.00 e. The predicted molar refractivity (Wildman–Crippen MR) is 119 cm³/mol. The van der Waals surface area contributed by atoms with Crippen LogP contribution in [-0.4, -0.2) is 16.6 Å². The molecule has 1 atom stereocenters. The first-order valence-electron chi connectivity index (χ1n) is 10.9. The van der Waals surface area contributed by atoms with Crippen LogP contribution in [0, 0.1) is 11.6 Å². The van der Waals surface area contributed by atoms with E-state index in [9.17, 15) is 33.4 Å². The molecule has 0 fully saturated rings. The number of halogens is 2. The number of aromatic nitrogens is 1. The molecule has 0 radical (unpaired) electrons. The van der Waals surface area contributed by atoms with Gasteiger partial charge < -0.3 is 30.2 Å². The van der Waals surface area contributed by atoms with E-state index in [1.54, 1.807) is 6.07 Å². The minimum atomic E-state index is -1.47. The van der Waals surface area contributed by atoms with Crippen molar-refractivity contribution in [2.75, 3.05) is 5.32 Å². The maximum absolute atomic E-state index is 14.2. The Hall–Kier alpha value is -2.21. The monoisotopic (exact) mass is 527 g/mol. The number of carboxylic acids is 1. The van der Waals surface area contributed by atoms with Crippen LogP contribution in [0.3, 0.4) is 0 Å². The van der Waals surface area contributed by atoms with Crippen molar-refractivity contribution in [1.29, 1.82) is 0 Å². The first-order valence-corrected chi connectivity index (χ1v) is 10.9. The summed E-state index contributed by atoms with van der Waals surface area (Å²) in [5.41, 5.74) is 0.765. The third-order valence-corrected chi connectivity index (χ3v) is 6.06. The summed E-state index contributed by atoms with van der Waals surface area (Å²) in [5.74, 6) is -3.57. The molecule has 182 valence electrons. The van der Waals surface area contributed by atoms with E-state index in [4.69, 9.17) is 0 Å². The van der Waals surface area contributed by atoms with Crippen molar-refractivity contribution in [3.05, 3.63) is 81.3 Å². The van der Waals surface area contributed by atoms with E-state index in [1.807, 2.05) is 0 Å². The molecular formula is C25H21F2N3Na2O5. The summed E-state index contributed by atoms with van der Waals surface area (Å²) in [4.78, 5) is 36.7. The summed E-state index contributed by atoms with van der Waals surface area (Å²) >= 11 is 0. The van der Waals surface area contributed by atoms with E-state index < -0.39 is 53.1 Å².